The number of benzene rings is 2. The Morgan fingerprint density at radius 3 is 2.38 bits per heavy atom. The molecule has 0 amide bonds. The summed E-state index contributed by atoms with van der Waals surface area (Å²) in [6.45, 7) is 1.12. The van der Waals surface area contributed by atoms with E-state index < -0.39 is 16.0 Å². The molecule has 0 atom stereocenters. The number of carboxylic acid groups (broad SMARTS) is 1. The van der Waals surface area contributed by atoms with E-state index in [1.54, 1.807) is 46.8 Å². The first-order valence-electron chi connectivity index (χ1n) is 9.32. The predicted molar refractivity (Wildman–Crippen MR) is 106 cm³/mol. The molecule has 1 aromatic heterocycles. The lowest BCUT2D eigenvalue weighted by molar-refractivity contribution is 0.0687. The summed E-state index contributed by atoms with van der Waals surface area (Å²) in [6.07, 6.45) is 4.03. The maximum Gasteiger partial charge on any atom is 0.356 e. The van der Waals surface area contributed by atoms with Crippen LogP contribution in [0.3, 0.4) is 0 Å². The molecule has 0 saturated carbocycles. The van der Waals surface area contributed by atoms with Gasteiger partial charge in [0.15, 0.2) is 5.69 Å². The summed E-state index contributed by atoms with van der Waals surface area (Å²) in [5.74, 6) is -1.12. The van der Waals surface area contributed by atoms with E-state index in [4.69, 9.17) is 0 Å². The Labute approximate surface area is 168 Å². The number of nitrogens with zero attached hydrogens (tertiary/aromatic N) is 4. The van der Waals surface area contributed by atoms with E-state index in [0.717, 1.165) is 30.4 Å². The Bertz CT molecular complexity index is 1130. The van der Waals surface area contributed by atoms with Crippen LogP contribution in [0.15, 0.2) is 59.6 Å². The summed E-state index contributed by atoms with van der Waals surface area (Å²) < 4.78 is 28.7. The highest BCUT2D eigenvalue weighted by Gasteiger charge is 2.26. The molecular weight excluding hydrogens is 392 g/mol. The average molecular weight is 412 g/mol. The van der Waals surface area contributed by atoms with Crippen LogP contribution in [-0.2, 0) is 10.0 Å². The SMILES string of the molecule is O=C(O)c1cnnn1-c1ccc(-c2cccc(S(=O)(=O)N3CCCCC3)c2)cc1. The molecule has 0 aliphatic carbocycles. The maximum atomic E-state index is 12.9. The van der Waals surface area contributed by atoms with Gasteiger partial charge < -0.3 is 5.11 Å². The fraction of sp³-hybridized carbons (Fsp3) is 0.250. The van der Waals surface area contributed by atoms with Gasteiger partial charge in [-0.05, 0) is 48.2 Å². The van der Waals surface area contributed by atoms with Gasteiger partial charge in [-0.15, -0.1) is 5.10 Å². The van der Waals surface area contributed by atoms with Crippen molar-refractivity contribution in [2.75, 3.05) is 13.1 Å². The van der Waals surface area contributed by atoms with Crippen LogP contribution in [0.2, 0.25) is 0 Å². The topological polar surface area (TPSA) is 105 Å². The zero-order valence-electron chi connectivity index (χ0n) is 15.6. The van der Waals surface area contributed by atoms with Crippen LogP contribution in [0.25, 0.3) is 16.8 Å². The van der Waals surface area contributed by atoms with E-state index in [0.29, 0.717) is 18.8 Å². The lowest BCUT2D eigenvalue weighted by atomic mass is 10.1. The molecule has 29 heavy (non-hydrogen) atoms. The number of rotatable bonds is 5. The van der Waals surface area contributed by atoms with Crippen molar-refractivity contribution in [1.82, 2.24) is 19.3 Å². The highest BCUT2D eigenvalue weighted by Crippen LogP contribution is 2.26. The van der Waals surface area contributed by atoms with Gasteiger partial charge in [0.2, 0.25) is 10.0 Å². The minimum absolute atomic E-state index is 0.0348. The highest BCUT2D eigenvalue weighted by molar-refractivity contribution is 7.89. The molecule has 0 radical (unpaired) electrons. The van der Waals surface area contributed by atoms with Crippen LogP contribution >= 0.6 is 0 Å². The first-order chi connectivity index (χ1) is 14.0. The van der Waals surface area contributed by atoms with Crippen LogP contribution in [0.4, 0.5) is 0 Å². The highest BCUT2D eigenvalue weighted by atomic mass is 32.2. The molecule has 8 nitrogen and oxygen atoms in total. The van der Waals surface area contributed by atoms with Gasteiger partial charge in [-0.2, -0.15) is 4.31 Å². The summed E-state index contributed by atoms with van der Waals surface area (Å²) in [5, 5.41) is 16.7. The minimum Gasteiger partial charge on any atom is -0.476 e. The third-order valence-corrected chi connectivity index (χ3v) is 6.90. The first kappa shape index (κ1) is 19.3. The minimum atomic E-state index is -3.51. The number of hydrogen-bond acceptors (Lipinski definition) is 5. The quantitative estimate of drug-likeness (QED) is 0.691. The van der Waals surface area contributed by atoms with Crippen LogP contribution in [0.5, 0.6) is 0 Å². The normalized spacial score (nSPS) is 15.3. The summed E-state index contributed by atoms with van der Waals surface area (Å²) in [7, 11) is -3.51. The summed E-state index contributed by atoms with van der Waals surface area (Å²) >= 11 is 0. The Kier molecular flexibility index (Phi) is 5.16. The Balaban J connectivity index is 1.63. The molecule has 1 aliphatic rings. The molecule has 0 spiro atoms. The molecule has 3 aromatic rings. The first-order valence-corrected chi connectivity index (χ1v) is 10.8. The number of piperidine rings is 1. The van der Waals surface area contributed by atoms with Gasteiger partial charge >= 0.3 is 5.97 Å². The van der Waals surface area contributed by atoms with Gasteiger partial charge in [0.1, 0.15) is 0 Å². The van der Waals surface area contributed by atoms with Gasteiger partial charge in [0.25, 0.3) is 0 Å². The van der Waals surface area contributed by atoms with Crippen molar-refractivity contribution >= 4 is 16.0 Å². The average Bonchev–Trinajstić information content (AvgIpc) is 3.25. The number of aromatic nitrogens is 3. The second-order valence-corrected chi connectivity index (χ2v) is 8.81. The molecular formula is C20H20N4O4S. The monoisotopic (exact) mass is 412 g/mol. The smallest absolute Gasteiger partial charge is 0.356 e. The standard InChI is InChI=1S/C20H20N4O4S/c25-20(26)19-14-21-22-24(19)17-9-7-15(8-10-17)16-5-4-6-18(13-16)29(27,28)23-11-2-1-3-12-23/h4-10,13-14H,1-3,11-12H2,(H,25,26). The fourth-order valence-electron chi connectivity index (χ4n) is 3.46. The van der Waals surface area contributed by atoms with Crippen molar-refractivity contribution in [3.63, 3.8) is 0 Å². The molecule has 2 aromatic carbocycles. The number of sulfonamides is 1. The van der Waals surface area contributed by atoms with Crippen LogP contribution in [-0.4, -0.2) is 51.9 Å². The third-order valence-electron chi connectivity index (χ3n) is 5.00. The second kappa shape index (κ2) is 7.76. The molecule has 1 fully saturated rings. The van der Waals surface area contributed by atoms with E-state index in [1.165, 1.54) is 10.9 Å². The van der Waals surface area contributed by atoms with Crippen LogP contribution in [0.1, 0.15) is 29.8 Å². The van der Waals surface area contributed by atoms with Gasteiger partial charge in [0, 0.05) is 13.1 Å². The molecule has 4 rings (SSSR count). The number of hydrogen-bond donors (Lipinski definition) is 1. The van der Waals surface area contributed by atoms with Crippen molar-refractivity contribution in [3.8, 4) is 16.8 Å². The maximum absolute atomic E-state index is 12.9. The van der Waals surface area contributed by atoms with E-state index in [1.807, 2.05) is 6.07 Å². The summed E-state index contributed by atoms with van der Waals surface area (Å²) in [5.41, 5.74) is 2.11. The fourth-order valence-corrected chi connectivity index (χ4v) is 5.02. The van der Waals surface area contributed by atoms with E-state index in [-0.39, 0.29) is 10.6 Å². The van der Waals surface area contributed by atoms with E-state index in [9.17, 15) is 18.3 Å². The zero-order chi connectivity index (χ0) is 20.4. The van der Waals surface area contributed by atoms with Gasteiger partial charge in [-0.3, -0.25) is 0 Å². The third kappa shape index (κ3) is 3.79. The van der Waals surface area contributed by atoms with Crippen molar-refractivity contribution in [1.29, 1.82) is 0 Å². The zero-order valence-corrected chi connectivity index (χ0v) is 16.4. The lowest BCUT2D eigenvalue weighted by Gasteiger charge is -2.26. The van der Waals surface area contributed by atoms with E-state index in [2.05, 4.69) is 10.3 Å². The van der Waals surface area contributed by atoms with Gasteiger partial charge in [-0.25, -0.2) is 17.9 Å². The summed E-state index contributed by atoms with van der Waals surface area (Å²) in [6, 6.07) is 13.9. The molecule has 150 valence electrons. The summed E-state index contributed by atoms with van der Waals surface area (Å²) in [4.78, 5) is 11.5. The van der Waals surface area contributed by atoms with Crippen molar-refractivity contribution in [2.24, 2.45) is 0 Å². The Morgan fingerprint density at radius 1 is 0.966 bits per heavy atom. The molecule has 0 bridgehead atoms. The van der Waals surface area contributed by atoms with Gasteiger partial charge in [0.05, 0.1) is 16.8 Å². The molecule has 1 aliphatic heterocycles. The van der Waals surface area contributed by atoms with Gasteiger partial charge in [-0.1, -0.05) is 35.9 Å². The number of carboxylic acids is 1. The number of carbonyl (C=O) groups is 1. The lowest BCUT2D eigenvalue weighted by Crippen LogP contribution is -2.35. The Hall–Kier alpha value is -3.04. The molecule has 2 heterocycles. The number of aromatic carboxylic acids is 1. The molecule has 0 unspecified atom stereocenters. The van der Waals surface area contributed by atoms with Crippen molar-refractivity contribution in [2.45, 2.75) is 24.2 Å². The van der Waals surface area contributed by atoms with Crippen molar-refractivity contribution in [3.05, 3.63) is 60.4 Å². The molecule has 9 heteroatoms. The van der Waals surface area contributed by atoms with E-state index >= 15 is 0 Å². The Morgan fingerprint density at radius 2 is 1.69 bits per heavy atom. The van der Waals surface area contributed by atoms with Crippen molar-refractivity contribution < 1.29 is 18.3 Å². The van der Waals surface area contributed by atoms with Crippen LogP contribution < -0.4 is 0 Å². The molecule has 1 saturated heterocycles. The molecule has 1 N–H and O–H groups in total. The largest absolute Gasteiger partial charge is 0.476 e. The predicted octanol–water partition coefficient (Wildman–Crippen LogP) is 2.81. The van der Waals surface area contributed by atoms with Crippen LogP contribution in [0, 0.1) is 0 Å². The second-order valence-electron chi connectivity index (χ2n) is 6.88.